The van der Waals surface area contributed by atoms with E-state index in [9.17, 15) is 14.4 Å². The zero-order valence-electron chi connectivity index (χ0n) is 28.1. The van der Waals surface area contributed by atoms with Crippen molar-refractivity contribution in [3.05, 3.63) is 92.2 Å². The van der Waals surface area contributed by atoms with E-state index in [0.29, 0.717) is 42.2 Å². The van der Waals surface area contributed by atoms with Crippen LogP contribution in [0.25, 0.3) is 0 Å². The van der Waals surface area contributed by atoms with Crippen molar-refractivity contribution in [3.8, 4) is 0 Å². The predicted octanol–water partition coefficient (Wildman–Crippen LogP) is 5.34. The summed E-state index contributed by atoms with van der Waals surface area (Å²) in [5.74, 6) is -1.55. The number of hydrogen-bond donors (Lipinski definition) is 0. The zero-order valence-corrected chi connectivity index (χ0v) is 29.6. The average molecular weight is 696 g/mol. The second-order valence-corrected chi connectivity index (χ2v) is 14.1. The summed E-state index contributed by atoms with van der Waals surface area (Å²) < 4.78 is 10.4. The number of fused-ring (bicyclic) bond motifs is 2. The maximum atomic E-state index is 14.5. The number of rotatable bonds is 7. The lowest BCUT2D eigenvalue weighted by molar-refractivity contribution is -0.139. The number of carbonyl (C=O) groups is 3. The Morgan fingerprint density at radius 1 is 0.812 bits per heavy atom. The van der Waals surface area contributed by atoms with Crippen LogP contribution >= 0.6 is 23.2 Å². The van der Waals surface area contributed by atoms with E-state index >= 15 is 0 Å². The Balaban J connectivity index is 1.25. The van der Waals surface area contributed by atoms with Crippen molar-refractivity contribution in [1.82, 2.24) is 19.6 Å². The molecule has 2 bridgehead atoms. The lowest BCUT2D eigenvalue weighted by Crippen LogP contribution is -2.62. The molecule has 6 rings (SSSR count). The van der Waals surface area contributed by atoms with Crippen LogP contribution in [-0.2, 0) is 30.4 Å². The summed E-state index contributed by atoms with van der Waals surface area (Å²) in [6, 6.07) is 16.2. The molecule has 0 radical (unpaired) electrons. The van der Waals surface area contributed by atoms with Crippen molar-refractivity contribution < 1.29 is 23.9 Å². The summed E-state index contributed by atoms with van der Waals surface area (Å²) in [5, 5.41) is 0.516. The normalized spacial score (nSPS) is 25.3. The molecule has 1 amide bonds. The molecule has 3 aliphatic heterocycles. The molecule has 3 unspecified atom stereocenters. The van der Waals surface area contributed by atoms with Gasteiger partial charge in [-0.15, -0.1) is 0 Å². The zero-order chi connectivity index (χ0) is 34.1. The summed E-state index contributed by atoms with van der Waals surface area (Å²) in [6.45, 7) is 7.47. The van der Waals surface area contributed by atoms with Crippen LogP contribution in [0.2, 0.25) is 10.0 Å². The van der Waals surface area contributed by atoms with Crippen molar-refractivity contribution in [1.29, 1.82) is 0 Å². The van der Waals surface area contributed by atoms with E-state index in [-0.39, 0.29) is 32.8 Å². The monoisotopic (exact) mass is 694 g/mol. The fraction of sp³-hybridized carbons (Fsp3) is 0.486. The van der Waals surface area contributed by atoms with Crippen molar-refractivity contribution in [2.45, 2.75) is 44.7 Å². The molecule has 2 aromatic carbocycles. The highest BCUT2D eigenvalue weighted by Gasteiger charge is 2.47. The molecule has 48 heavy (non-hydrogen) atoms. The summed E-state index contributed by atoms with van der Waals surface area (Å²) in [4.78, 5) is 50.1. The third-order valence-corrected chi connectivity index (χ3v) is 11.4. The van der Waals surface area contributed by atoms with Crippen molar-refractivity contribution >= 4 is 41.0 Å². The fourth-order valence-corrected chi connectivity index (χ4v) is 9.11. The van der Waals surface area contributed by atoms with E-state index in [1.54, 1.807) is 37.1 Å². The lowest BCUT2D eigenvalue weighted by atomic mass is 9.72. The molecule has 1 aliphatic carbocycles. The van der Waals surface area contributed by atoms with Gasteiger partial charge in [-0.05, 0) is 49.3 Å². The molecule has 1 saturated carbocycles. The molecule has 3 atom stereocenters. The van der Waals surface area contributed by atoms with Crippen molar-refractivity contribution in [2.75, 3.05) is 60.5 Å². The molecule has 4 aliphatic rings. The molecular weight excluding hydrogens is 651 g/mol. The molecule has 2 aromatic rings. The predicted molar refractivity (Wildman–Crippen MR) is 185 cm³/mol. The number of nitrogens with zero attached hydrogens (tertiary/aromatic N) is 4. The number of piperazine rings is 1. The van der Waals surface area contributed by atoms with Gasteiger partial charge in [-0.1, -0.05) is 66.0 Å². The first-order valence-electron chi connectivity index (χ1n) is 16.7. The van der Waals surface area contributed by atoms with Gasteiger partial charge in [-0.25, -0.2) is 9.59 Å². The minimum atomic E-state index is -1.07. The Bertz CT molecular complexity index is 1590. The van der Waals surface area contributed by atoms with Crippen LogP contribution in [0, 0.1) is 11.8 Å². The second-order valence-electron chi connectivity index (χ2n) is 13.3. The fourth-order valence-electron chi connectivity index (χ4n) is 8.50. The third-order valence-electron chi connectivity index (χ3n) is 10.7. The number of benzene rings is 2. The molecule has 0 aromatic heterocycles. The number of likely N-dealkylation sites (tertiary alicyclic amines) is 1. The minimum Gasteiger partial charge on any atom is -0.466 e. The highest BCUT2D eigenvalue weighted by molar-refractivity contribution is 6.36. The Kier molecular flexibility index (Phi) is 10.5. The standard InChI is InChI=1S/C37H44Cl2N4O5/c1-23-29(36(45)47-3)31(30-27(38)14-9-15-28(30)39)32(37(46)48-4)34(40(23)2)35(44)43-18-16-42(17-19-43)33-25-12-8-13-26(33)22-41(21-25)20-24-10-6-5-7-11-24/h5-7,9-11,14-15,25-26,31,33H,8,12-13,16-22H2,1-4H3. The molecule has 11 heteroatoms. The van der Waals surface area contributed by atoms with Gasteiger partial charge >= 0.3 is 11.9 Å². The SMILES string of the molecule is COC(=O)C1=C(C)N(C)C(C(=O)N2CCN(C3C4CCCC3CN(Cc3ccccc3)C4)CC2)=C(C(=O)OC)C1c1c(Cl)cccc1Cl. The summed E-state index contributed by atoms with van der Waals surface area (Å²) in [7, 11) is 4.21. The van der Waals surface area contributed by atoms with Crippen LogP contribution in [-0.4, -0.2) is 104 Å². The number of halogens is 2. The van der Waals surface area contributed by atoms with Crippen LogP contribution in [0.4, 0.5) is 0 Å². The summed E-state index contributed by atoms with van der Waals surface area (Å²) in [5.41, 5.74) is 2.49. The topological polar surface area (TPSA) is 82.6 Å². The smallest absolute Gasteiger partial charge is 0.337 e. The number of methoxy groups -OCH3 is 2. The Morgan fingerprint density at radius 3 is 1.98 bits per heavy atom. The Morgan fingerprint density at radius 2 is 1.40 bits per heavy atom. The van der Waals surface area contributed by atoms with Gasteiger partial charge in [0.05, 0.1) is 31.3 Å². The van der Waals surface area contributed by atoms with E-state index in [2.05, 4.69) is 40.1 Å². The Labute approximate surface area is 293 Å². The van der Waals surface area contributed by atoms with Crippen LogP contribution in [0.3, 0.4) is 0 Å². The van der Waals surface area contributed by atoms with Crippen molar-refractivity contribution in [2.24, 2.45) is 11.8 Å². The number of amides is 1. The molecule has 9 nitrogen and oxygen atoms in total. The molecule has 256 valence electrons. The van der Waals surface area contributed by atoms with Gasteiger partial charge in [0.1, 0.15) is 5.70 Å². The lowest BCUT2D eigenvalue weighted by Gasteiger charge is -2.53. The number of allylic oxidation sites excluding steroid dienone is 1. The maximum Gasteiger partial charge on any atom is 0.337 e. The molecule has 0 spiro atoms. The minimum absolute atomic E-state index is 0.00810. The van der Waals surface area contributed by atoms with E-state index in [1.165, 1.54) is 39.0 Å². The van der Waals surface area contributed by atoms with Crippen LogP contribution in [0.5, 0.6) is 0 Å². The van der Waals surface area contributed by atoms with E-state index in [0.717, 1.165) is 32.7 Å². The van der Waals surface area contributed by atoms with Crippen LogP contribution in [0.1, 0.15) is 43.2 Å². The van der Waals surface area contributed by atoms with Gasteiger partial charge in [-0.2, -0.15) is 0 Å². The first-order valence-corrected chi connectivity index (χ1v) is 17.5. The second kappa shape index (κ2) is 14.6. The molecule has 0 N–H and O–H groups in total. The number of hydrogen-bond acceptors (Lipinski definition) is 8. The summed E-state index contributed by atoms with van der Waals surface area (Å²) >= 11 is 13.4. The largest absolute Gasteiger partial charge is 0.466 e. The maximum absolute atomic E-state index is 14.5. The number of ether oxygens (including phenoxy) is 2. The molecular formula is C37H44Cl2N4O5. The van der Waals surface area contributed by atoms with Crippen LogP contribution in [0.15, 0.2) is 71.1 Å². The molecule has 3 heterocycles. The highest BCUT2D eigenvalue weighted by atomic mass is 35.5. The number of likely N-dealkylation sites (N-methyl/N-ethyl adjacent to an activating group) is 1. The first kappa shape index (κ1) is 34.5. The molecule has 2 saturated heterocycles. The van der Waals surface area contributed by atoms with Crippen molar-refractivity contribution in [3.63, 3.8) is 0 Å². The summed E-state index contributed by atoms with van der Waals surface area (Å²) in [6.07, 6.45) is 3.73. The van der Waals surface area contributed by atoms with Gasteiger partial charge in [-0.3, -0.25) is 14.6 Å². The van der Waals surface area contributed by atoms with Gasteiger partial charge < -0.3 is 19.3 Å². The van der Waals surface area contributed by atoms with E-state index in [4.69, 9.17) is 32.7 Å². The van der Waals surface area contributed by atoms with Gasteiger partial charge in [0.15, 0.2) is 0 Å². The first-order chi connectivity index (χ1) is 23.1. The quantitative estimate of drug-likeness (QED) is 0.360. The third kappa shape index (κ3) is 6.50. The van der Waals surface area contributed by atoms with Gasteiger partial charge in [0.2, 0.25) is 0 Å². The molecule has 3 fully saturated rings. The van der Waals surface area contributed by atoms with E-state index in [1.807, 2.05) is 4.90 Å². The van der Waals surface area contributed by atoms with Crippen LogP contribution < -0.4 is 0 Å². The average Bonchev–Trinajstić information content (AvgIpc) is 3.08. The number of esters is 2. The van der Waals surface area contributed by atoms with Gasteiger partial charge in [0, 0.05) is 80.2 Å². The number of carbonyl (C=O) groups excluding carboxylic acids is 3. The van der Waals surface area contributed by atoms with Gasteiger partial charge in [0.25, 0.3) is 5.91 Å². The number of piperidine rings is 1. The Hall–Kier alpha value is -3.37. The van der Waals surface area contributed by atoms with E-state index < -0.39 is 17.9 Å². The highest BCUT2D eigenvalue weighted by Crippen LogP contribution is 2.47.